The fourth-order valence-corrected chi connectivity index (χ4v) is 6.19. The van der Waals surface area contributed by atoms with Crippen LogP contribution in [-0.4, -0.2) is 81.5 Å². The average molecular weight is 522 g/mol. The standard InChI is InChI=1S/C26H36ClN3O4S/c1-4-30(26(31)34-3)24-14-17-29(18-15-24)16-13-22(21-9-8-10-23(27)19-21)20-28(2)35(32,33)25-11-6-5-7-12-25/h5-12,19,22,24H,4,13-18,20H2,1-3H3/t22-/m1/s1. The van der Waals surface area contributed by atoms with Gasteiger partial charge < -0.3 is 14.5 Å². The smallest absolute Gasteiger partial charge is 0.409 e. The Bertz CT molecular complexity index is 1060. The van der Waals surface area contributed by atoms with E-state index in [-0.39, 0.29) is 18.1 Å². The average Bonchev–Trinajstić information content (AvgIpc) is 2.87. The molecule has 2 aromatic rings. The number of sulfonamides is 1. The molecular formula is C26H36ClN3O4S. The summed E-state index contributed by atoms with van der Waals surface area (Å²) in [6.07, 6.45) is 2.32. The Morgan fingerprint density at radius 3 is 2.43 bits per heavy atom. The van der Waals surface area contributed by atoms with Crippen molar-refractivity contribution in [2.45, 2.75) is 43.0 Å². The molecule has 0 N–H and O–H groups in total. The maximum absolute atomic E-state index is 13.1. The largest absolute Gasteiger partial charge is 0.453 e. The third-order valence-corrected chi connectivity index (χ3v) is 8.86. The lowest BCUT2D eigenvalue weighted by molar-refractivity contribution is 0.0800. The molecule has 9 heteroatoms. The first-order valence-electron chi connectivity index (χ1n) is 12.1. The summed E-state index contributed by atoms with van der Waals surface area (Å²) in [5, 5.41) is 0.643. The van der Waals surface area contributed by atoms with Gasteiger partial charge in [-0.1, -0.05) is 41.9 Å². The van der Waals surface area contributed by atoms with Crippen molar-refractivity contribution < 1.29 is 17.9 Å². The van der Waals surface area contributed by atoms with Gasteiger partial charge >= 0.3 is 6.09 Å². The molecule has 192 valence electrons. The first-order valence-corrected chi connectivity index (χ1v) is 13.9. The molecule has 1 amide bonds. The van der Waals surface area contributed by atoms with E-state index in [9.17, 15) is 13.2 Å². The molecule has 35 heavy (non-hydrogen) atoms. The van der Waals surface area contributed by atoms with Crippen LogP contribution in [-0.2, 0) is 14.8 Å². The minimum atomic E-state index is -3.59. The van der Waals surface area contributed by atoms with E-state index in [4.69, 9.17) is 16.3 Å². The van der Waals surface area contributed by atoms with Crippen LogP contribution in [0.4, 0.5) is 4.79 Å². The number of hydrogen-bond acceptors (Lipinski definition) is 5. The molecule has 0 saturated carbocycles. The summed E-state index contributed by atoms with van der Waals surface area (Å²) >= 11 is 6.27. The van der Waals surface area contributed by atoms with Gasteiger partial charge in [-0.2, -0.15) is 0 Å². The SMILES string of the molecule is CCN(C(=O)OC)C1CCN(CC[C@H](CN(C)S(=O)(=O)c2ccccc2)c2cccc(Cl)c2)CC1. The monoisotopic (exact) mass is 521 g/mol. The predicted molar refractivity (Wildman–Crippen MR) is 139 cm³/mol. The molecule has 1 heterocycles. The molecule has 3 rings (SSSR count). The quantitative estimate of drug-likeness (QED) is 0.453. The van der Waals surface area contributed by atoms with Crippen LogP contribution in [0, 0.1) is 0 Å². The Morgan fingerprint density at radius 1 is 1.14 bits per heavy atom. The van der Waals surface area contributed by atoms with Crippen molar-refractivity contribution in [2.75, 3.05) is 46.9 Å². The Labute approximate surface area is 214 Å². The fourth-order valence-electron chi connectivity index (χ4n) is 4.75. The van der Waals surface area contributed by atoms with Gasteiger partial charge in [0.05, 0.1) is 12.0 Å². The summed E-state index contributed by atoms with van der Waals surface area (Å²) in [4.78, 5) is 16.5. The van der Waals surface area contributed by atoms with Crippen molar-refractivity contribution in [3.8, 4) is 0 Å². The molecular weight excluding hydrogens is 486 g/mol. The highest BCUT2D eigenvalue weighted by molar-refractivity contribution is 7.89. The van der Waals surface area contributed by atoms with Gasteiger partial charge in [-0.25, -0.2) is 17.5 Å². The van der Waals surface area contributed by atoms with Crippen molar-refractivity contribution in [2.24, 2.45) is 0 Å². The number of hydrogen-bond donors (Lipinski definition) is 0. The summed E-state index contributed by atoms with van der Waals surface area (Å²) in [5.41, 5.74) is 1.03. The summed E-state index contributed by atoms with van der Waals surface area (Å²) in [6.45, 7) is 5.58. The molecule has 0 radical (unpaired) electrons. The third kappa shape index (κ3) is 7.19. The van der Waals surface area contributed by atoms with Crippen molar-refractivity contribution in [3.63, 3.8) is 0 Å². The minimum absolute atomic E-state index is 0.00267. The first kappa shape index (κ1) is 27.5. The highest BCUT2D eigenvalue weighted by Gasteiger charge is 2.29. The van der Waals surface area contributed by atoms with E-state index in [1.807, 2.05) is 37.3 Å². The number of ether oxygens (including phenoxy) is 1. The molecule has 1 saturated heterocycles. The van der Waals surface area contributed by atoms with E-state index >= 15 is 0 Å². The number of halogens is 1. The van der Waals surface area contributed by atoms with Crippen LogP contribution in [0.2, 0.25) is 5.02 Å². The Hall–Kier alpha value is -2.13. The number of likely N-dealkylation sites (tertiary alicyclic amines) is 1. The van der Waals surface area contributed by atoms with Gasteiger partial charge in [0.2, 0.25) is 10.0 Å². The lowest BCUT2D eigenvalue weighted by Crippen LogP contribution is -2.47. The molecule has 1 fully saturated rings. The van der Waals surface area contributed by atoms with Crippen LogP contribution in [0.25, 0.3) is 0 Å². The maximum Gasteiger partial charge on any atom is 0.409 e. The number of likely N-dealkylation sites (N-methyl/N-ethyl adjacent to an activating group) is 1. The van der Waals surface area contributed by atoms with Crippen LogP contribution >= 0.6 is 11.6 Å². The number of piperidine rings is 1. The van der Waals surface area contributed by atoms with Gasteiger partial charge in [0.25, 0.3) is 0 Å². The molecule has 0 unspecified atom stereocenters. The molecule has 2 aromatic carbocycles. The number of methoxy groups -OCH3 is 1. The second-order valence-corrected chi connectivity index (χ2v) is 11.4. The van der Waals surface area contributed by atoms with Crippen LogP contribution < -0.4 is 0 Å². The number of benzene rings is 2. The zero-order chi connectivity index (χ0) is 25.4. The second-order valence-electron chi connectivity index (χ2n) is 8.97. The van der Waals surface area contributed by atoms with Crippen LogP contribution in [0.5, 0.6) is 0 Å². The number of carbonyl (C=O) groups is 1. The number of carbonyl (C=O) groups excluding carboxylic acids is 1. The lowest BCUT2D eigenvalue weighted by atomic mass is 9.94. The van der Waals surface area contributed by atoms with E-state index in [2.05, 4.69) is 4.90 Å². The van der Waals surface area contributed by atoms with Gasteiger partial charge in [-0.05, 0) is 68.5 Å². The topological polar surface area (TPSA) is 70.2 Å². The van der Waals surface area contributed by atoms with Gasteiger partial charge in [-0.3, -0.25) is 0 Å². The number of rotatable bonds is 10. The Balaban J connectivity index is 1.66. The highest BCUT2D eigenvalue weighted by atomic mass is 35.5. The van der Waals surface area contributed by atoms with Crippen molar-refractivity contribution in [3.05, 3.63) is 65.2 Å². The van der Waals surface area contributed by atoms with Crippen LogP contribution in [0.15, 0.2) is 59.5 Å². The molecule has 0 aliphatic carbocycles. The predicted octanol–water partition coefficient (Wildman–Crippen LogP) is 4.69. The van der Waals surface area contributed by atoms with E-state index < -0.39 is 10.0 Å². The van der Waals surface area contributed by atoms with Crippen molar-refractivity contribution in [1.29, 1.82) is 0 Å². The first-order chi connectivity index (χ1) is 16.8. The summed E-state index contributed by atoms with van der Waals surface area (Å²) in [7, 11) is -0.530. The van der Waals surface area contributed by atoms with E-state index in [0.29, 0.717) is 23.0 Å². The molecule has 7 nitrogen and oxygen atoms in total. The second kappa shape index (κ2) is 12.7. The summed E-state index contributed by atoms with van der Waals surface area (Å²) in [6, 6.07) is 16.4. The zero-order valence-corrected chi connectivity index (χ0v) is 22.3. The Morgan fingerprint density at radius 2 is 1.83 bits per heavy atom. The fraction of sp³-hybridized carbons (Fsp3) is 0.500. The van der Waals surface area contributed by atoms with E-state index in [1.54, 1.807) is 36.2 Å². The van der Waals surface area contributed by atoms with Gasteiger partial charge in [0.1, 0.15) is 0 Å². The molecule has 1 aliphatic rings. The third-order valence-electron chi connectivity index (χ3n) is 6.79. The van der Waals surface area contributed by atoms with Crippen molar-refractivity contribution in [1.82, 2.24) is 14.1 Å². The number of nitrogens with zero attached hydrogens (tertiary/aromatic N) is 3. The van der Waals surface area contributed by atoms with E-state index in [1.165, 1.54) is 11.4 Å². The molecule has 0 spiro atoms. The highest BCUT2D eigenvalue weighted by Crippen LogP contribution is 2.27. The van der Waals surface area contributed by atoms with E-state index in [0.717, 1.165) is 44.5 Å². The van der Waals surface area contributed by atoms with Gasteiger partial charge in [0, 0.05) is 44.3 Å². The molecule has 1 atom stereocenters. The zero-order valence-electron chi connectivity index (χ0n) is 20.8. The minimum Gasteiger partial charge on any atom is -0.453 e. The molecule has 0 bridgehead atoms. The molecule has 1 aliphatic heterocycles. The lowest BCUT2D eigenvalue weighted by Gasteiger charge is -2.38. The Kier molecular flexibility index (Phi) is 9.98. The van der Waals surface area contributed by atoms with Gasteiger partial charge in [-0.15, -0.1) is 0 Å². The number of amides is 1. The van der Waals surface area contributed by atoms with Gasteiger partial charge in [0.15, 0.2) is 0 Å². The maximum atomic E-state index is 13.1. The normalized spacial score (nSPS) is 16.3. The molecule has 0 aromatic heterocycles. The van der Waals surface area contributed by atoms with Crippen molar-refractivity contribution >= 4 is 27.7 Å². The summed E-state index contributed by atoms with van der Waals surface area (Å²) < 4.78 is 32.6. The van der Waals surface area contributed by atoms with Crippen LogP contribution in [0.1, 0.15) is 37.7 Å². The van der Waals surface area contributed by atoms with Crippen LogP contribution in [0.3, 0.4) is 0 Å². The summed E-state index contributed by atoms with van der Waals surface area (Å²) in [5.74, 6) is -0.00267.